The van der Waals surface area contributed by atoms with Gasteiger partial charge < -0.3 is 9.90 Å². The first-order chi connectivity index (χ1) is 5.68. The maximum Gasteiger partial charge on any atom is 1.00 e. The Morgan fingerprint density at radius 3 is 2.69 bits per heavy atom. The summed E-state index contributed by atoms with van der Waals surface area (Å²) >= 11 is 5.63. The van der Waals surface area contributed by atoms with E-state index in [1.165, 1.54) is 0 Å². The van der Waals surface area contributed by atoms with Crippen molar-refractivity contribution in [2.24, 2.45) is 0 Å². The third-order valence-electron chi connectivity index (χ3n) is 1.13. The minimum absolute atomic E-state index is 0. The van der Waals surface area contributed by atoms with Crippen LogP contribution in [0.5, 0.6) is 0 Å². The van der Waals surface area contributed by atoms with Crippen LogP contribution in [-0.2, 0) is 4.79 Å². The van der Waals surface area contributed by atoms with E-state index in [9.17, 15) is 9.90 Å². The largest absolute Gasteiger partial charge is 1.00 e. The number of benzene rings is 1. The van der Waals surface area contributed by atoms with Crippen molar-refractivity contribution in [2.45, 2.75) is 0 Å². The zero-order valence-corrected chi connectivity index (χ0v) is 10.9. The van der Waals surface area contributed by atoms with Crippen molar-refractivity contribution >= 4 is 17.6 Å². The second-order valence-electron chi connectivity index (χ2n) is 2.05. The van der Waals surface area contributed by atoms with E-state index in [0.29, 0.717) is 10.6 Å². The second-order valence-corrected chi connectivity index (χ2v) is 2.48. The predicted molar refractivity (Wildman–Crippen MR) is 43.3 cm³/mol. The average Bonchev–Trinajstić information content (AvgIpc) is 2.01. The van der Waals surface area contributed by atoms with Gasteiger partial charge in [0, 0.05) is 10.6 Å². The molecule has 0 radical (unpaired) electrons. The van der Waals surface area contributed by atoms with Crippen molar-refractivity contribution in [1.29, 1.82) is 0 Å². The quantitative estimate of drug-likeness (QED) is 0.355. The van der Waals surface area contributed by atoms with Crippen molar-refractivity contribution < 1.29 is 61.3 Å². The van der Waals surface area contributed by atoms with Crippen LogP contribution in [0.4, 0.5) is 0 Å². The minimum Gasteiger partial charge on any atom is -0.537 e. The van der Waals surface area contributed by atoms with Crippen LogP contribution in [0.3, 0.4) is 0 Å². The summed E-state index contributed by atoms with van der Waals surface area (Å²) in [6, 6.07) is 6.63. The van der Waals surface area contributed by atoms with E-state index in [4.69, 9.17) is 11.6 Å². The van der Waals surface area contributed by atoms with Crippen molar-refractivity contribution in [3.63, 3.8) is 0 Å². The van der Waals surface area contributed by atoms with Gasteiger partial charge in [0.25, 0.3) is 0 Å². The Labute approximate surface area is 124 Å². The molecule has 0 heterocycles. The SMILES string of the molecule is O=C([O-])C#Cc1cccc(Cl)c1.[K+]. The summed E-state index contributed by atoms with van der Waals surface area (Å²) in [4.78, 5) is 9.94. The summed E-state index contributed by atoms with van der Waals surface area (Å²) in [5, 5.41) is 10.5. The third kappa shape index (κ3) is 5.47. The summed E-state index contributed by atoms with van der Waals surface area (Å²) < 4.78 is 0. The van der Waals surface area contributed by atoms with Crippen molar-refractivity contribution in [1.82, 2.24) is 0 Å². The van der Waals surface area contributed by atoms with E-state index in [0.717, 1.165) is 0 Å². The third-order valence-corrected chi connectivity index (χ3v) is 1.37. The molecule has 0 spiro atoms. The van der Waals surface area contributed by atoms with Gasteiger partial charge in [0.2, 0.25) is 0 Å². The van der Waals surface area contributed by atoms with Crippen LogP contribution in [0.1, 0.15) is 5.56 Å². The van der Waals surface area contributed by atoms with Gasteiger partial charge in [-0.3, -0.25) is 0 Å². The number of rotatable bonds is 0. The molecule has 0 aliphatic carbocycles. The zero-order valence-electron chi connectivity index (χ0n) is 7.00. The van der Waals surface area contributed by atoms with Crippen LogP contribution in [0, 0.1) is 11.8 Å². The molecule has 0 atom stereocenters. The van der Waals surface area contributed by atoms with E-state index in [2.05, 4.69) is 5.92 Å². The van der Waals surface area contributed by atoms with Gasteiger partial charge in [-0.1, -0.05) is 23.6 Å². The molecule has 0 bridgehead atoms. The minimum atomic E-state index is -1.39. The molecule has 0 aliphatic heterocycles. The number of carbonyl (C=O) groups is 1. The van der Waals surface area contributed by atoms with Crippen LogP contribution in [-0.4, -0.2) is 5.97 Å². The van der Waals surface area contributed by atoms with Gasteiger partial charge in [0.1, 0.15) is 5.97 Å². The maximum atomic E-state index is 9.94. The molecule has 4 heteroatoms. The van der Waals surface area contributed by atoms with Gasteiger partial charge in [-0.15, -0.1) is 0 Å². The van der Waals surface area contributed by atoms with Crippen LogP contribution in [0.15, 0.2) is 24.3 Å². The molecule has 0 unspecified atom stereocenters. The number of carboxylic acids is 1. The van der Waals surface area contributed by atoms with Crippen molar-refractivity contribution in [3.8, 4) is 11.8 Å². The zero-order chi connectivity index (χ0) is 8.97. The van der Waals surface area contributed by atoms with Gasteiger partial charge in [-0.05, 0) is 24.1 Å². The molecule has 0 saturated carbocycles. The van der Waals surface area contributed by atoms with Gasteiger partial charge in [0.15, 0.2) is 0 Å². The molecule has 0 aliphatic rings. The molecule has 1 aromatic rings. The van der Waals surface area contributed by atoms with E-state index in [-0.39, 0.29) is 51.4 Å². The van der Waals surface area contributed by atoms with Crippen LogP contribution in [0.2, 0.25) is 5.02 Å². The number of aliphatic carboxylic acids is 1. The Morgan fingerprint density at radius 2 is 2.15 bits per heavy atom. The number of hydrogen-bond acceptors (Lipinski definition) is 2. The first-order valence-corrected chi connectivity index (χ1v) is 3.55. The molecular weight excluding hydrogens is 215 g/mol. The average molecular weight is 219 g/mol. The molecule has 0 saturated heterocycles. The van der Waals surface area contributed by atoms with Gasteiger partial charge in [-0.25, -0.2) is 0 Å². The fourth-order valence-corrected chi connectivity index (χ4v) is 0.880. The molecule has 2 nitrogen and oxygen atoms in total. The molecule has 0 aromatic heterocycles. The molecule has 13 heavy (non-hydrogen) atoms. The normalized spacial score (nSPS) is 7.77. The van der Waals surface area contributed by atoms with E-state index in [1.807, 2.05) is 5.92 Å². The fraction of sp³-hybridized carbons (Fsp3) is 0. The molecule has 0 amide bonds. The molecule has 0 fully saturated rings. The summed E-state index contributed by atoms with van der Waals surface area (Å²) in [6.45, 7) is 0. The molecule has 1 aromatic carbocycles. The summed E-state index contributed by atoms with van der Waals surface area (Å²) in [6.07, 6.45) is 0. The maximum absolute atomic E-state index is 9.94. The fourth-order valence-electron chi connectivity index (χ4n) is 0.689. The number of carboxylic acid groups (broad SMARTS) is 1. The summed E-state index contributed by atoms with van der Waals surface area (Å²) in [5.41, 5.74) is 0.562. The Bertz CT molecular complexity index is 365. The molecule has 0 N–H and O–H groups in total. The Balaban J connectivity index is 0.00000144. The van der Waals surface area contributed by atoms with Crippen LogP contribution < -0.4 is 56.5 Å². The van der Waals surface area contributed by atoms with E-state index >= 15 is 0 Å². The Morgan fingerprint density at radius 1 is 1.46 bits per heavy atom. The molecular formula is C9H4ClKO2. The monoisotopic (exact) mass is 218 g/mol. The molecule has 1 rings (SSSR count). The number of hydrogen-bond donors (Lipinski definition) is 0. The Kier molecular flexibility index (Phi) is 6.69. The first kappa shape index (κ1) is 13.2. The first-order valence-electron chi connectivity index (χ1n) is 3.17. The van der Waals surface area contributed by atoms with E-state index < -0.39 is 5.97 Å². The number of carbonyl (C=O) groups excluding carboxylic acids is 1. The van der Waals surface area contributed by atoms with Gasteiger partial charge in [0.05, 0.1) is 0 Å². The van der Waals surface area contributed by atoms with E-state index in [1.54, 1.807) is 24.3 Å². The van der Waals surface area contributed by atoms with Gasteiger partial charge in [-0.2, -0.15) is 0 Å². The standard InChI is InChI=1S/C9H5ClO2.K/c10-8-3-1-2-7(6-8)4-5-9(11)12;/h1-3,6H,(H,11,12);/q;+1/p-1. The smallest absolute Gasteiger partial charge is 0.537 e. The predicted octanol–water partition coefficient (Wildman–Crippen LogP) is -2.55. The van der Waals surface area contributed by atoms with Crippen LogP contribution in [0.25, 0.3) is 0 Å². The number of halogens is 1. The summed E-state index contributed by atoms with van der Waals surface area (Å²) in [5.74, 6) is 2.88. The van der Waals surface area contributed by atoms with Crippen molar-refractivity contribution in [2.75, 3.05) is 0 Å². The van der Waals surface area contributed by atoms with Gasteiger partial charge >= 0.3 is 51.4 Å². The summed E-state index contributed by atoms with van der Waals surface area (Å²) in [7, 11) is 0. The van der Waals surface area contributed by atoms with Crippen molar-refractivity contribution in [3.05, 3.63) is 34.9 Å². The van der Waals surface area contributed by atoms with Crippen LogP contribution >= 0.6 is 11.6 Å². The Hall–Kier alpha value is 0.176. The second kappa shape index (κ2) is 6.60. The topological polar surface area (TPSA) is 40.1 Å². The molecule has 60 valence electrons.